The van der Waals surface area contributed by atoms with E-state index in [2.05, 4.69) is 9.62 Å². The number of likely N-dealkylation sites (N-methyl/N-ethyl adjacent to an activating group) is 1. The van der Waals surface area contributed by atoms with E-state index in [1.165, 1.54) is 52.7 Å². The first-order chi connectivity index (χ1) is 17.7. The minimum absolute atomic E-state index is 0.115. The molecular formula is C25H33N3O8S. The molecule has 0 radical (unpaired) electrons. The second kappa shape index (κ2) is 12.7. The number of carbonyl (C=O) groups is 1. The van der Waals surface area contributed by atoms with Gasteiger partial charge in [0.2, 0.25) is 0 Å². The Labute approximate surface area is 217 Å². The highest BCUT2D eigenvalue weighted by Gasteiger charge is 2.20. The maximum Gasteiger partial charge on any atom is 0.325 e. The van der Waals surface area contributed by atoms with Gasteiger partial charge < -0.3 is 28.6 Å². The molecule has 0 bridgehead atoms. The quantitative estimate of drug-likeness (QED) is 0.339. The zero-order valence-electron chi connectivity index (χ0n) is 21.6. The summed E-state index contributed by atoms with van der Waals surface area (Å²) in [6, 6.07) is 7.68. The van der Waals surface area contributed by atoms with Crippen LogP contribution < -0.4 is 28.4 Å². The van der Waals surface area contributed by atoms with E-state index in [0.29, 0.717) is 28.6 Å². The van der Waals surface area contributed by atoms with Crippen molar-refractivity contribution in [1.29, 1.82) is 0 Å². The van der Waals surface area contributed by atoms with Gasteiger partial charge >= 0.3 is 5.97 Å². The van der Waals surface area contributed by atoms with Crippen LogP contribution in [0.1, 0.15) is 5.56 Å². The third-order valence-electron chi connectivity index (χ3n) is 5.76. The SMILES string of the molecule is COc1cc(OC)c(/C=C/S(=O)(=O)Nc2ccc(OC)c(OC(=O)CN3CCN(C)CC3)c2)c(OC)c1. The van der Waals surface area contributed by atoms with Crippen LogP contribution in [-0.4, -0.2) is 92.4 Å². The fourth-order valence-electron chi connectivity index (χ4n) is 3.72. The topological polar surface area (TPSA) is 116 Å². The number of methoxy groups -OCH3 is 4. The highest BCUT2D eigenvalue weighted by atomic mass is 32.2. The number of rotatable bonds is 11. The number of hydrogen-bond acceptors (Lipinski definition) is 10. The summed E-state index contributed by atoms with van der Waals surface area (Å²) < 4.78 is 54.8. The summed E-state index contributed by atoms with van der Waals surface area (Å²) in [6.07, 6.45) is 1.36. The second-order valence-electron chi connectivity index (χ2n) is 8.31. The molecule has 0 spiro atoms. The first-order valence-corrected chi connectivity index (χ1v) is 13.0. The first-order valence-electron chi connectivity index (χ1n) is 11.5. The number of hydrogen-bond donors (Lipinski definition) is 1. The number of sulfonamides is 1. The van der Waals surface area contributed by atoms with E-state index in [-0.39, 0.29) is 18.0 Å². The van der Waals surface area contributed by atoms with Crippen LogP contribution in [0.3, 0.4) is 0 Å². The van der Waals surface area contributed by atoms with E-state index < -0.39 is 16.0 Å². The van der Waals surface area contributed by atoms with Crippen LogP contribution >= 0.6 is 0 Å². The summed E-state index contributed by atoms with van der Waals surface area (Å²) >= 11 is 0. The maximum absolute atomic E-state index is 12.8. The molecule has 2 aromatic rings. The van der Waals surface area contributed by atoms with Crippen molar-refractivity contribution >= 4 is 27.8 Å². The number of anilines is 1. The summed E-state index contributed by atoms with van der Waals surface area (Å²) in [5.74, 6) is 1.21. The number of ether oxygens (including phenoxy) is 5. The third kappa shape index (κ3) is 7.75. The lowest BCUT2D eigenvalue weighted by molar-refractivity contribution is -0.136. The zero-order valence-corrected chi connectivity index (χ0v) is 22.5. The predicted octanol–water partition coefficient (Wildman–Crippen LogP) is 2.29. The fraction of sp³-hybridized carbons (Fsp3) is 0.400. The Kier molecular flexibility index (Phi) is 9.61. The molecule has 37 heavy (non-hydrogen) atoms. The van der Waals surface area contributed by atoms with Crippen LogP contribution in [0.4, 0.5) is 5.69 Å². The molecule has 0 saturated carbocycles. The molecule has 2 aromatic carbocycles. The molecule has 202 valence electrons. The molecule has 1 saturated heterocycles. The Morgan fingerprint density at radius 3 is 2.08 bits per heavy atom. The van der Waals surface area contributed by atoms with Gasteiger partial charge in [0.15, 0.2) is 11.5 Å². The molecule has 0 atom stereocenters. The van der Waals surface area contributed by atoms with Gasteiger partial charge in [-0.05, 0) is 25.3 Å². The van der Waals surface area contributed by atoms with Crippen molar-refractivity contribution in [3.8, 4) is 28.7 Å². The van der Waals surface area contributed by atoms with E-state index >= 15 is 0 Å². The molecule has 0 aromatic heterocycles. The lowest BCUT2D eigenvalue weighted by Crippen LogP contribution is -2.46. The first kappa shape index (κ1) is 28.1. The van der Waals surface area contributed by atoms with E-state index in [9.17, 15) is 13.2 Å². The van der Waals surface area contributed by atoms with Gasteiger partial charge in [0.1, 0.15) is 17.2 Å². The summed E-state index contributed by atoms with van der Waals surface area (Å²) in [7, 11) is 3.94. The van der Waals surface area contributed by atoms with Gasteiger partial charge in [-0.1, -0.05) is 0 Å². The Balaban J connectivity index is 1.75. The van der Waals surface area contributed by atoms with Gasteiger partial charge in [-0.15, -0.1) is 0 Å². The maximum atomic E-state index is 12.8. The summed E-state index contributed by atoms with van der Waals surface area (Å²) in [4.78, 5) is 16.7. The smallest absolute Gasteiger partial charge is 0.325 e. The monoisotopic (exact) mass is 535 g/mol. The normalized spacial score (nSPS) is 14.8. The number of carbonyl (C=O) groups excluding carboxylic acids is 1. The van der Waals surface area contributed by atoms with Gasteiger partial charge in [0.25, 0.3) is 10.0 Å². The average molecular weight is 536 g/mol. The van der Waals surface area contributed by atoms with Crippen LogP contribution in [-0.2, 0) is 14.8 Å². The third-order valence-corrected chi connectivity index (χ3v) is 6.78. The molecule has 0 aliphatic carbocycles. The Bertz CT molecular complexity index is 1200. The van der Waals surface area contributed by atoms with E-state index in [1.54, 1.807) is 12.1 Å². The predicted molar refractivity (Wildman–Crippen MR) is 140 cm³/mol. The van der Waals surface area contributed by atoms with Crippen molar-refractivity contribution < 1.29 is 36.9 Å². The lowest BCUT2D eigenvalue weighted by atomic mass is 10.1. The van der Waals surface area contributed by atoms with E-state index in [4.69, 9.17) is 23.7 Å². The Morgan fingerprint density at radius 1 is 0.892 bits per heavy atom. The summed E-state index contributed by atoms with van der Waals surface area (Å²) in [5, 5.41) is 0.989. The van der Waals surface area contributed by atoms with Gasteiger partial charge in [-0.25, -0.2) is 8.42 Å². The molecule has 11 nitrogen and oxygen atoms in total. The number of benzene rings is 2. The molecule has 12 heteroatoms. The molecule has 0 amide bonds. The van der Waals surface area contributed by atoms with Crippen molar-refractivity contribution in [1.82, 2.24) is 9.80 Å². The number of nitrogens with zero attached hydrogens (tertiary/aromatic N) is 2. The van der Waals surface area contributed by atoms with Crippen molar-refractivity contribution in [3.05, 3.63) is 41.3 Å². The van der Waals surface area contributed by atoms with Crippen LogP contribution in [0.2, 0.25) is 0 Å². The Morgan fingerprint density at radius 2 is 1.51 bits per heavy atom. The molecule has 1 aliphatic rings. The van der Waals surface area contributed by atoms with Gasteiger partial charge in [0, 0.05) is 44.4 Å². The molecule has 1 heterocycles. The lowest BCUT2D eigenvalue weighted by Gasteiger charge is -2.31. The molecule has 0 unspecified atom stereocenters. The van der Waals surface area contributed by atoms with Crippen molar-refractivity contribution in [2.24, 2.45) is 0 Å². The van der Waals surface area contributed by atoms with E-state index in [1.807, 2.05) is 11.9 Å². The summed E-state index contributed by atoms with van der Waals surface area (Å²) in [5.41, 5.74) is 0.617. The van der Waals surface area contributed by atoms with Crippen LogP contribution in [0.25, 0.3) is 6.08 Å². The van der Waals surface area contributed by atoms with Gasteiger partial charge in [-0.3, -0.25) is 14.4 Å². The molecule has 1 N–H and O–H groups in total. The largest absolute Gasteiger partial charge is 0.496 e. The number of esters is 1. The standard InChI is InChI=1S/C25H33N3O8S/c1-27-9-11-28(12-10-27)17-25(29)36-24-14-18(6-7-21(24)33-3)26-37(30,31)13-8-20-22(34-4)15-19(32-2)16-23(20)35-5/h6-8,13-16,26H,9-12,17H2,1-5H3/b13-8+. The molecule has 3 rings (SSSR count). The van der Waals surface area contributed by atoms with Crippen molar-refractivity contribution in [3.63, 3.8) is 0 Å². The highest BCUT2D eigenvalue weighted by Crippen LogP contribution is 2.35. The summed E-state index contributed by atoms with van der Waals surface area (Å²) in [6.45, 7) is 3.39. The number of nitrogens with one attached hydrogen (secondary N) is 1. The molecular weight excluding hydrogens is 502 g/mol. The minimum Gasteiger partial charge on any atom is -0.496 e. The number of piperazine rings is 1. The zero-order chi connectivity index (χ0) is 27.0. The second-order valence-corrected chi connectivity index (χ2v) is 9.88. The average Bonchev–Trinajstić information content (AvgIpc) is 2.88. The van der Waals surface area contributed by atoms with Crippen molar-refractivity contribution in [2.75, 3.05) is 72.9 Å². The van der Waals surface area contributed by atoms with Crippen LogP contribution in [0.15, 0.2) is 35.7 Å². The van der Waals surface area contributed by atoms with Crippen LogP contribution in [0.5, 0.6) is 28.7 Å². The van der Waals surface area contributed by atoms with Gasteiger partial charge in [0.05, 0.1) is 51.6 Å². The Hall–Kier alpha value is -3.48. The molecule has 1 fully saturated rings. The fourth-order valence-corrected chi connectivity index (χ4v) is 4.55. The van der Waals surface area contributed by atoms with Crippen LogP contribution in [0, 0.1) is 0 Å². The minimum atomic E-state index is -3.96. The van der Waals surface area contributed by atoms with E-state index in [0.717, 1.165) is 31.6 Å². The van der Waals surface area contributed by atoms with Gasteiger partial charge in [-0.2, -0.15) is 0 Å². The highest BCUT2D eigenvalue weighted by molar-refractivity contribution is 7.95. The molecule has 1 aliphatic heterocycles. The van der Waals surface area contributed by atoms with Crippen molar-refractivity contribution in [2.45, 2.75) is 0 Å².